The van der Waals surface area contributed by atoms with E-state index in [0.717, 1.165) is 32.4 Å². The van der Waals surface area contributed by atoms with Gasteiger partial charge in [0, 0.05) is 5.39 Å². The van der Waals surface area contributed by atoms with Crippen LogP contribution in [0.5, 0.6) is 17.2 Å². The maximum Gasteiger partial charge on any atom is 0.174 e. The summed E-state index contributed by atoms with van der Waals surface area (Å²) in [5.41, 5.74) is 2.68. The van der Waals surface area contributed by atoms with Crippen LogP contribution in [0.1, 0.15) is 11.3 Å². The average Bonchev–Trinajstić information content (AvgIpc) is 2.65. The van der Waals surface area contributed by atoms with Crippen LogP contribution in [-0.4, -0.2) is 26.3 Å². The lowest BCUT2D eigenvalue weighted by molar-refractivity contribution is 0.353. The second-order valence-electron chi connectivity index (χ2n) is 5.34. The van der Waals surface area contributed by atoms with Crippen molar-refractivity contribution >= 4 is 39.0 Å². The highest BCUT2D eigenvalue weighted by molar-refractivity contribution is 9.10. The van der Waals surface area contributed by atoms with Gasteiger partial charge in [-0.05, 0) is 51.8 Å². The SMILES string of the molecule is COc1cc(/C=C/c2ccc3cccc(OC)c3n2)cc(Br)c1OC. The van der Waals surface area contributed by atoms with E-state index in [0.29, 0.717) is 11.5 Å². The summed E-state index contributed by atoms with van der Waals surface area (Å²) in [5, 5.41) is 1.05. The van der Waals surface area contributed by atoms with Crippen molar-refractivity contribution < 1.29 is 14.2 Å². The zero-order valence-corrected chi connectivity index (χ0v) is 15.8. The van der Waals surface area contributed by atoms with Gasteiger partial charge in [0.05, 0.1) is 31.5 Å². The molecule has 0 fully saturated rings. The van der Waals surface area contributed by atoms with Crippen molar-refractivity contribution in [3.63, 3.8) is 0 Å². The minimum absolute atomic E-state index is 0.671. The minimum Gasteiger partial charge on any atom is -0.494 e. The van der Waals surface area contributed by atoms with Crippen molar-refractivity contribution in [3.05, 3.63) is 58.2 Å². The third-order valence-electron chi connectivity index (χ3n) is 3.83. The first-order valence-corrected chi connectivity index (χ1v) is 8.49. The predicted octanol–water partition coefficient (Wildman–Crippen LogP) is 5.19. The summed E-state index contributed by atoms with van der Waals surface area (Å²) in [5.74, 6) is 2.11. The quantitative estimate of drug-likeness (QED) is 0.591. The molecule has 0 N–H and O–H groups in total. The summed E-state index contributed by atoms with van der Waals surface area (Å²) >= 11 is 3.51. The highest BCUT2D eigenvalue weighted by atomic mass is 79.9. The normalized spacial score (nSPS) is 11.0. The van der Waals surface area contributed by atoms with Gasteiger partial charge < -0.3 is 14.2 Å². The molecule has 0 saturated heterocycles. The standard InChI is InChI=1S/C20H18BrNO3/c1-23-17-6-4-5-14-8-10-15(22-19(14)17)9-7-13-11-16(21)20(25-3)18(12-13)24-2/h4-12H,1-3H3/b9-7+. The number of hydrogen-bond acceptors (Lipinski definition) is 4. The van der Waals surface area contributed by atoms with Gasteiger partial charge in [-0.1, -0.05) is 24.3 Å². The molecule has 0 atom stereocenters. The molecule has 0 saturated carbocycles. The van der Waals surface area contributed by atoms with Gasteiger partial charge in [-0.2, -0.15) is 0 Å². The maximum atomic E-state index is 5.39. The Morgan fingerprint density at radius 1 is 0.880 bits per heavy atom. The molecule has 1 heterocycles. The lowest BCUT2D eigenvalue weighted by Gasteiger charge is -2.10. The molecule has 0 bridgehead atoms. The summed E-state index contributed by atoms with van der Waals surface area (Å²) < 4.78 is 16.9. The summed E-state index contributed by atoms with van der Waals surface area (Å²) in [6.45, 7) is 0. The van der Waals surface area contributed by atoms with E-state index in [2.05, 4.69) is 20.9 Å². The van der Waals surface area contributed by atoms with Gasteiger partial charge in [0.25, 0.3) is 0 Å². The topological polar surface area (TPSA) is 40.6 Å². The Kier molecular flexibility index (Phi) is 5.24. The Balaban J connectivity index is 1.97. The molecule has 0 unspecified atom stereocenters. The lowest BCUT2D eigenvalue weighted by atomic mass is 10.1. The average molecular weight is 400 g/mol. The Hall–Kier alpha value is -2.53. The van der Waals surface area contributed by atoms with Gasteiger partial charge in [-0.15, -0.1) is 0 Å². The molecule has 0 aliphatic rings. The van der Waals surface area contributed by atoms with Crippen LogP contribution in [0.2, 0.25) is 0 Å². The van der Waals surface area contributed by atoms with Crippen LogP contribution in [0, 0.1) is 0 Å². The summed E-state index contributed by atoms with van der Waals surface area (Å²) in [6.07, 6.45) is 3.94. The second-order valence-corrected chi connectivity index (χ2v) is 6.19. The van der Waals surface area contributed by atoms with Crippen molar-refractivity contribution in [2.24, 2.45) is 0 Å². The molecule has 1 aromatic heterocycles. The predicted molar refractivity (Wildman–Crippen MR) is 104 cm³/mol. The molecule has 0 aliphatic carbocycles. The number of ether oxygens (including phenoxy) is 3. The first-order chi connectivity index (χ1) is 12.2. The van der Waals surface area contributed by atoms with Crippen LogP contribution >= 0.6 is 15.9 Å². The van der Waals surface area contributed by atoms with Crippen LogP contribution in [0.4, 0.5) is 0 Å². The number of pyridine rings is 1. The molecule has 0 amide bonds. The monoisotopic (exact) mass is 399 g/mol. The minimum atomic E-state index is 0.671. The molecular formula is C20H18BrNO3. The molecule has 3 aromatic rings. The highest BCUT2D eigenvalue weighted by Crippen LogP contribution is 2.36. The fraction of sp³-hybridized carbons (Fsp3) is 0.150. The summed E-state index contributed by atoms with van der Waals surface area (Å²) in [7, 11) is 4.89. The van der Waals surface area contributed by atoms with Gasteiger partial charge in [0.2, 0.25) is 0 Å². The Bertz CT molecular complexity index is 938. The Morgan fingerprint density at radius 2 is 1.68 bits per heavy atom. The maximum absolute atomic E-state index is 5.39. The van der Waals surface area contributed by atoms with Crippen LogP contribution in [-0.2, 0) is 0 Å². The van der Waals surface area contributed by atoms with E-state index in [4.69, 9.17) is 14.2 Å². The van der Waals surface area contributed by atoms with Crippen LogP contribution in [0.15, 0.2) is 46.9 Å². The molecule has 0 spiro atoms. The number of halogens is 1. The first kappa shape index (κ1) is 17.3. The van der Waals surface area contributed by atoms with Gasteiger partial charge >= 0.3 is 0 Å². The van der Waals surface area contributed by atoms with E-state index in [1.54, 1.807) is 21.3 Å². The third-order valence-corrected chi connectivity index (χ3v) is 4.42. The number of benzene rings is 2. The highest BCUT2D eigenvalue weighted by Gasteiger charge is 2.09. The van der Waals surface area contributed by atoms with Gasteiger partial charge in [0.1, 0.15) is 11.3 Å². The van der Waals surface area contributed by atoms with E-state index in [-0.39, 0.29) is 0 Å². The number of methoxy groups -OCH3 is 3. The Morgan fingerprint density at radius 3 is 2.40 bits per heavy atom. The van der Waals surface area contributed by atoms with Crippen molar-refractivity contribution in [2.75, 3.05) is 21.3 Å². The van der Waals surface area contributed by atoms with Gasteiger partial charge in [-0.3, -0.25) is 0 Å². The zero-order valence-electron chi connectivity index (χ0n) is 14.2. The van der Waals surface area contributed by atoms with E-state index < -0.39 is 0 Å². The van der Waals surface area contributed by atoms with E-state index >= 15 is 0 Å². The zero-order chi connectivity index (χ0) is 17.8. The number of rotatable bonds is 5. The van der Waals surface area contributed by atoms with Crippen molar-refractivity contribution in [1.82, 2.24) is 4.98 Å². The Labute approximate surface area is 155 Å². The fourth-order valence-corrected chi connectivity index (χ4v) is 3.23. The largest absolute Gasteiger partial charge is 0.494 e. The van der Waals surface area contributed by atoms with Crippen molar-refractivity contribution in [3.8, 4) is 17.2 Å². The van der Waals surface area contributed by atoms with Crippen LogP contribution < -0.4 is 14.2 Å². The number of aromatic nitrogens is 1. The number of nitrogens with zero attached hydrogens (tertiary/aromatic N) is 1. The summed E-state index contributed by atoms with van der Waals surface area (Å²) in [4.78, 5) is 4.68. The van der Waals surface area contributed by atoms with Crippen molar-refractivity contribution in [2.45, 2.75) is 0 Å². The molecule has 2 aromatic carbocycles. The molecule has 128 valence electrons. The third kappa shape index (κ3) is 3.61. The number of fused-ring (bicyclic) bond motifs is 1. The number of para-hydroxylation sites is 1. The first-order valence-electron chi connectivity index (χ1n) is 7.69. The molecule has 4 nitrogen and oxygen atoms in total. The van der Waals surface area contributed by atoms with Crippen molar-refractivity contribution in [1.29, 1.82) is 0 Å². The van der Waals surface area contributed by atoms with E-state index in [1.165, 1.54) is 0 Å². The molecular weight excluding hydrogens is 382 g/mol. The molecule has 25 heavy (non-hydrogen) atoms. The fourth-order valence-electron chi connectivity index (χ4n) is 2.61. The smallest absolute Gasteiger partial charge is 0.174 e. The van der Waals surface area contributed by atoms with Crippen LogP contribution in [0.25, 0.3) is 23.1 Å². The molecule has 0 aliphatic heterocycles. The number of hydrogen-bond donors (Lipinski definition) is 0. The van der Waals surface area contributed by atoms with E-state index in [9.17, 15) is 0 Å². The lowest BCUT2D eigenvalue weighted by Crippen LogP contribution is -1.92. The second kappa shape index (κ2) is 7.57. The van der Waals surface area contributed by atoms with E-state index in [1.807, 2.05) is 54.6 Å². The van der Waals surface area contributed by atoms with Crippen LogP contribution in [0.3, 0.4) is 0 Å². The molecule has 3 rings (SSSR count). The molecule has 5 heteroatoms. The molecule has 0 radical (unpaired) electrons. The van der Waals surface area contributed by atoms with Gasteiger partial charge in [-0.25, -0.2) is 4.98 Å². The summed E-state index contributed by atoms with van der Waals surface area (Å²) in [6, 6.07) is 13.8. The van der Waals surface area contributed by atoms with Gasteiger partial charge in [0.15, 0.2) is 11.5 Å².